The fraction of sp³-hybridized carbons (Fsp3) is 0.417. The fourth-order valence-electron chi connectivity index (χ4n) is 1.81. The van der Waals surface area contributed by atoms with E-state index in [0.29, 0.717) is 18.2 Å². The number of carbonyl (C=O) groups is 1. The molecule has 5 nitrogen and oxygen atoms in total. The molecule has 1 aliphatic heterocycles. The third-order valence-electron chi connectivity index (χ3n) is 2.67. The van der Waals surface area contributed by atoms with Crippen LogP contribution in [-0.2, 0) is 0 Å². The van der Waals surface area contributed by atoms with Crippen molar-refractivity contribution in [1.82, 2.24) is 14.9 Å². The molecule has 2 rings (SSSR count). The molecule has 0 aromatic carbocycles. The first-order valence-electron chi connectivity index (χ1n) is 5.78. The molecule has 1 aromatic rings. The van der Waals surface area contributed by atoms with Gasteiger partial charge in [0, 0.05) is 25.8 Å². The highest BCUT2D eigenvalue weighted by Gasteiger charge is 2.20. The lowest BCUT2D eigenvalue weighted by Gasteiger charge is -2.14. The van der Waals surface area contributed by atoms with Gasteiger partial charge in [0.15, 0.2) is 0 Å². The number of aromatic nitrogens is 2. The maximum atomic E-state index is 12.1. The number of likely N-dealkylation sites (tertiary alicyclic amines) is 1. The number of nitrogens with zero attached hydrogens (tertiary/aromatic N) is 3. The van der Waals surface area contributed by atoms with Crippen LogP contribution in [0, 0.1) is 0 Å². The zero-order valence-corrected chi connectivity index (χ0v) is 9.72. The second kappa shape index (κ2) is 5.43. The van der Waals surface area contributed by atoms with Crippen LogP contribution in [0.25, 0.3) is 0 Å². The van der Waals surface area contributed by atoms with E-state index in [1.54, 1.807) is 18.3 Å². The second-order valence-corrected chi connectivity index (χ2v) is 3.93. The highest BCUT2D eigenvalue weighted by Crippen LogP contribution is 2.12. The molecule has 1 amide bonds. The number of rotatable bonds is 4. The SMILES string of the molecule is C=CCNc1nccc(C(=O)N2CCCC2)n1. The van der Waals surface area contributed by atoms with Gasteiger partial charge in [0.25, 0.3) is 5.91 Å². The fourth-order valence-corrected chi connectivity index (χ4v) is 1.81. The van der Waals surface area contributed by atoms with Crippen molar-refractivity contribution >= 4 is 11.9 Å². The van der Waals surface area contributed by atoms with Crippen molar-refractivity contribution in [2.24, 2.45) is 0 Å². The average Bonchev–Trinajstić information content (AvgIpc) is 2.89. The maximum Gasteiger partial charge on any atom is 0.272 e. The molecule has 0 bridgehead atoms. The van der Waals surface area contributed by atoms with Crippen molar-refractivity contribution in [2.75, 3.05) is 25.0 Å². The molecule has 0 aliphatic carbocycles. The summed E-state index contributed by atoms with van der Waals surface area (Å²) in [6, 6.07) is 1.65. The molecule has 1 N–H and O–H groups in total. The molecule has 0 atom stereocenters. The molecule has 1 fully saturated rings. The zero-order valence-electron chi connectivity index (χ0n) is 9.72. The molecule has 17 heavy (non-hydrogen) atoms. The number of carbonyl (C=O) groups excluding carboxylic acids is 1. The third kappa shape index (κ3) is 2.81. The molecular weight excluding hydrogens is 216 g/mol. The lowest BCUT2D eigenvalue weighted by molar-refractivity contribution is 0.0787. The van der Waals surface area contributed by atoms with Crippen molar-refractivity contribution in [3.8, 4) is 0 Å². The number of hydrogen-bond donors (Lipinski definition) is 1. The van der Waals surface area contributed by atoms with E-state index in [4.69, 9.17) is 0 Å². The number of anilines is 1. The van der Waals surface area contributed by atoms with E-state index in [1.807, 2.05) is 4.90 Å². The Morgan fingerprint density at radius 3 is 3.00 bits per heavy atom. The minimum Gasteiger partial charge on any atom is -0.351 e. The molecule has 1 aromatic heterocycles. The summed E-state index contributed by atoms with van der Waals surface area (Å²) in [4.78, 5) is 22.1. The maximum absolute atomic E-state index is 12.1. The standard InChI is InChI=1S/C12H16N4O/c1-2-6-13-12-14-7-5-10(15-12)11(17)16-8-3-4-9-16/h2,5,7H,1,3-4,6,8-9H2,(H,13,14,15). The Bertz CT molecular complexity index is 413. The molecular formula is C12H16N4O. The molecule has 2 heterocycles. The van der Waals surface area contributed by atoms with Crippen molar-refractivity contribution in [2.45, 2.75) is 12.8 Å². The van der Waals surface area contributed by atoms with Crippen molar-refractivity contribution in [1.29, 1.82) is 0 Å². The van der Waals surface area contributed by atoms with E-state index < -0.39 is 0 Å². The second-order valence-electron chi connectivity index (χ2n) is 3.93. The van der Waals surface area contributed by atoms with Crippen LogP contribution in [0.1, 0.15) is 23.3 Å². The molecule has 0 unspecified atom stereocenters. The lowest BCUT2D eigenvalue weighted by atomic mass is 10.3. The van der Waals surface area contributed by atoms with E-state index in [2.05, 4.69) is 21.9 Å². The molecule has 1 aliphatic rings. The van der Waals surface area contributed by atoms with E-state index in [9.17, 15) is 4.79 Å². The normalized spacial score (nSPS) is 14.7. The molecule has 5 heteroatoms. The van der Waals surface area contributed by atoms with Crippen LogP contribution >= 0.6 is 0 Å². The Morgan fingerprint density at radius 2 is 2.29 bits per heavy atom. The Balaban J connectivity index is 2.08. The van der Waals surface area contributed by atoms with Gasteiger partial charge in [-0.3, -0.25) is 4.79 Å². The first kappa shape index (κ1) is 11.6. The van der Waals surface area contributed by atoms with Crippen molar-refractivity contribution in [3.63, 3.8) is 0 Å². The smallest absolute Gasteiger partial charge is 0.272 e. The van der Waals surface area contributed by atoms with Gasteiger partial charge < -0.3 is 10.2 Å². The molecule has 0 radical (unpaired) electrons. The van der Waals surface area contributed by atoms with E-state index >= 15 is 0 Å². The summed E-state index contributed by atoms with van der Waals surface area (Å²) in [5.41, 5.74) is 0.452. The van der Waals surface area contributed by atoms with Gasteiger partial charge in [-0.15, -0.1) is 6.58 Å². The largest absolute Gasteiger partial charge is 0.351 e. The third-order valence-corrected chi connectivity index (χ3v) is 2.67. The number of nitrogens with one attached hydrogen (secondary N) is 1. The molecule has 0 saturated carbocycles. The van der Waals surface area contributed by atoms with Gasteiger partial charge in [-0.25, -0.2) is 9.97 Å². The zero-order chi connectivity index (χ0) is 12.1. The van der Waals surface area contributed by atoms with Crippen LogP contribution in [0.3, 0.4) is 0 Å². The van der Waals surface area contributed by atoms with Gasteiger partial charge in [-0.05, 0) is 18.9 Å². The quantitative estimate of drug-likeness (QED) is 0.795. The summed E-state index contributed by atoms with van der Waals surface area (Å²) < 4.78 is 0. The minimum absolute atomic E-state index is 0.00782. The van der Waals surface area contributed by atoms with Crippen LogP contribution < -0.4 is 5.32 Å². The summed E-state index contributed by atoms with van der Waals surface area (Å²) in [5, 5.41) is 2.97. The van der Waals surface area contributed by atoms with Gasteiger partial charge >= 0.3 is 0 Å². The summed E-state index contributed by atoms with van der Waals surface area (Å²) in [7, 11) is 0. The van der Waals surface area contributed by atoms with E-state index in [-0.39, 0.29) is 5.91 Å². The van der Waals surface area contributed by atoms with Crippen LogP contribution in [0.5, 0.6) is 0 Å². The highest BCUT2D eigenvalue weighted by atomic mass is 16.2. The van der Waals surface area contributed by atoms with Gasteiger partial charge in [-0.2, -0.15) is 0 Å². The van der Waals surface area contributed by atoms with Crippen LogP contribution in [0.2, 0.25) is 0 Å². The average molecular weight is 232 g/mol. The Hall–Kier alpha value is -1.91. The van der Waals surface area contributed by atoms with E-state index in [0.717, 1.165) is 25.9 Å². The Morgan fingerprint density at radius 1 is 1.53 bits per heavy atom. The van der Waals surface area contributed by atoms with Crippen LogP contribution in [-0.4, -0.2) is 40.4 Å². The number of hydrogen-bond acceptors (Lipinski definition) is 4. The predicted molar refractivity (Wildman–Crippen MR) is 65.9 cm³/mol. The van der Waals surface area contributed by atoms with E-state index in [1.165, 1.54) is 0 Å². The van der Waals surface area contributed by atoms with Gasteiger partial charge in [0.1, 0.15) is 5.69 Å². The molecule has 0 spiro atoms. The summed E-state index contributed by atoms with van der Waals surface area (Å²) in [5.74, 6) is 0.460. The van der Waals surface area contributed by atoms with Gasteiger partial charge in [-0.1, -0.05) is 6.08 Å². The molecule has 1 saturated heterocycles. The van der Waals surface area contributed by atoms with Gasteiger partial charge in [0.05, 0.1) is 0 Å². The minimum atomic E-state index is -0.00782. The summed E-state index contributed by atoms with van der Waals surface area (Å²) in [6.45, 7) is 5.85. The van der Waals surface area contributed by atoms with Crippen LogP contribution in [0.4, 0.5) is 5.95 Å². The Kier molecular flexibility index (Phi) is 3.69. The predicted octanol–water partition coefficient (Wildman–Crippen LogP) is 1.31. The number of amides is 1. The summed E-state index contributed by atoms with van der Waals surface area (Å²) in [6.07, 6.45) is 5.48. The van der Waals surface area contributed by atoms with Crippen LogP contribution in [0.15, 0.2) is 24.9 Å². The monoisotopic (exact) mass is 232 g/mol. The van der Waals surface area contributed by atoms with Crippen molar-refractivity contribution < 1.29 is 4.79 Å². The first-order chi connectivity index (χ1) is 8.31. The highest BCUT2D eigenvalue weighted by molar-refractivity contribution is 5.92. The van der Waals surface area contributed by atoms with Gasteiger partial charge in [0.2, 0.25) is 5.95 Å². The topological polar surface area (TPSA) is 58.1 Å². The Labute approximate surface area is 101 Å². The lowest BCUT2D eigenvalue weighted by Crippen LogP contribution is -2.28. The first-order valence-corrected chi connectivity index (χ1v) is 5.78. The molecule has 90 valence electrons. The van der Waals surface area contributed by atoms with Crippen molar-refractivity contribution in [3.05, 3.63) is 30.6 Å². The summed E-state index contributed by atoms with van der Waals surface area (Å²) >= 11 is 0.